The van der Waals surface area contributed by atoms with Crippen LogP contribution in [0.5, 0.6) is 0 Å². The third-order valence-corrected chi connectivity index (χ3v) is 4.15. The maximum atomic E-state index is 5.41. The molecule has 0 N–H and O–H groups in total. The molecule has 0 aromatic carbocycles. The van der Waals surface area contributed by atoms with Crippen LogP contribution in [0.3, 0.4) is 0 Å². The predicted molar refractivity (Wildman–Crippen MR) is 78.9 cm³/mol. The van der Waals surface area contributed by atoms with E-state index in [-0.39, 0.29) is 0 Å². The average Bonchev–Trinajstić information content (AvgIpc) is 2.79. The Labute approximate surface area is 119 Å². The lowest BCUT2D eigenvalue weighted by atomic mass is 10.2. The number of nitrogens with zero attached hydrogens (tertiary/aromatic N) is 4. The molecule has 0 atom stereocenters. The van der Waals surface area contributed by atoms with Crippen molar-refractivity contribution < 1.29 is 4.74 Å². The second-order valence-corrected chi connectivity index (χ2v) is 6.30. The Bertz CT molecular complexity index is 388. The molecule has 19 heavy (non-hydrogen) atoms. The highest BCUT2D eigenvalue weighted by atomic mass is 32.2. The highest BCUT2D eigenvalue weighted by Crippen LogP contribution is 2.24. The molecule has 1 fully saturated rings. The van der Waals surface area contributed by atoms with Gasteiger partial charge in [-0.25, -0.2) is 0 Å². The standard InChI is InChI=1S/C13H24N4OS/c1-4-9-19-13-15-14-12(17(13)10-11(2)3)16-5-7-18-8-6-16/h11H,4-10H2,1-3H3. The van der Waals surface area contributed by atoms with E-state index in [0.717, 1.165) is 56.1 Å². The number of anilines is 1. The minimum Gasteiger partial charge on any atom is -0.378 e. The van der Waals surface area contributed by atoms with Crippen molar-refractivity contribution in [3.8, 4) is 0 Å². The first-order valence-corrected chi connectivity index (χ1v) is 8.09. The molecule has 1 saturated heterocycles. The van der Waals surface area contributed by atoms with Gasteiger partial charge >= 0.3 is 0 Å². The number of morpholine rings is 1. The average molecular weight is 284 g/mol. The smallest absolute Gasteiger partial charge is 0.228 e. The second-order valence-electron chi connectivity index (χ2n) is 5.23. The number of rotatable bonds is 6. The van der Waals surface area contributed by atoms with Crippen molar-refractivity contribution in [2.45, 2.75) is 38.9 Å². The van der Waals surface area contributed by atoms with Gasteiger partial charge in [-0.05, 0) is 12.3 Å². The summed E-state index contributed by atoms with van der Waals surface area (Å²) in [6.07, 6.45) is 1.16. The van der Waals surface area contributed by atoms with Crippen molar-refractivity contribution in [1.29, 1.82) is 0 Å². The Morgan fingerprint density at radius 3 is 2.63 bits per heavy atom. The first-order valence-electron chi connectivity index (χ1n) is 7.11. The zero-order valence-corrected chi connectivity index (χ0v) is 12.9. The number of ether oxygens (including phenoxy) is 1. The second kappa shape index (κ2) is 7.14. The topological polar surface area (TPSA) is 43.2 Å². The zero-order valence-electron chi connectivity index (χ0n) is 12.1. The molecule has 1 aliphatic heterocycles. The molecule has 0 aliphatic carbocycles. The number of hydrogen-bond acceptors (Lipinski definition) is 5. The van der Waals surface area contributed by atoms with E-state index in [4.69, 9.17) is 4.74 Å². The molecule has 1 aliphatic rings. The predicted octanol–water partition coefficient (Wildman–Crippen LogP) is 2.27. The van der Waals surface area contributed by atoms with Gasteiger partial charge in [-0.3, -0.25) is 4.57 Å². The van der Waals surface area contributed by atoms with Crippen molar-refractivity contribution >= 4 is 17.7 Å². The SMILES string of the molecule is CCCSc1nnc(N2CCOCC2)n1CC(C)C. The molecule has 1 aromatic rings. The van der Waals surface area contributed by atoms with Crippen LogP contribution in [0, 0.1) is 5.92 Å². The van der Waals surface area contributed by atoms with E-state index in [0.29, 0.717) is 5.92 Å². The summed E-state index contributed by atoms with van der Waals surface area (Å²) >= 11 is 1.81. The Morgan fingerprint density at radius 1 is 1.26 bits per heavy atom. The summed E-state index contributed by atoms with van der Waals surface area (Å²) in [5.74, 6) is 2.70. The van der Waals surface area contributed by atoms with Crippen LogP contribution in [0.1, 0.15) is 27.2 Å². The van der Waals surface area contributed by atoms with E-state index in [2.05, 4.69) is 40.4 Å². The molecule has 6 heteroatoms. The van der Waals surface area contributed by atoms with Crippen LogP contribution in [0.2, 0.25) is 0 Å². The highest BCUT2D eigenvalue weighted by molar-refractivity contribution is 7.99. The third kappa shape index (κ3) is 3.86. The van der Waals surface area contributed by atoms with Crippen LogP contribution < -0.4 is 4.90 Å². The highest BCUT2D eigenvalue weighted by Gasteiger charge is 2.20. The fourth-order valence-electron chi connectivity index (χ4n) is 2.10. The minimum absolute atomic E-state index is 0.594. The summed E-state index contributed by atoms with van der Waals surface area (Å²) in [7, 11) is 0. The summed E-state index contributed by atoms with van der Waals surface area (Å²) in [5, 5.41) is 9.84. The molecule has 0 spiro atoms. The summed E-state index contributed by atoms with van der Waals surface area (Å²) in [5.41, 5.74) is 0. The molecule has 0 saturated carbocycles. The van der Waals surface area contributed by atoms with Crippen molar-refractivity contribution in [2.24, 2.45) is 5.92 Å². The summed E-state index contributed by atoms with van der Waals surface area (Å²) in [6, 6.07) is 0. The Hall–Kier alpha value is -0.750. The van der Waals surface area contributed by atoms with Gasteiger partial charge in [-0.1, -0.05) is 32.5 Å². The molecular formula is C13H24N4OS. The molecular weight excluding hydrogens is 260 g/mol. The lowest BCUT2D eigenvalue weighted by Gasteiger charge is -2.28. The number of thioether (sulfide) groups is 1. The third-order valence-electron chi connectivity index (χ3n) is 2.97. The number of aromatic nitrogens is 3. The van der Waals surface area contributed by atoms with Gasteiger partial charge in [0.15, 0.2) is 5.16 Å². The Kier molecular flexibility index (Phi) is 5.51. The molecule has 0 unspecified atom stereocenters. The van der Waals surface area contributed by atoms with Crippen LogP contribution in [0.15, 0.2) is 5.16 Å². The molecule has 0 bridgehead atoms. The summed E-state index contributed by atoms with van der Waals surface area (Å²) in [6.45, 7) is 11.0. The van der Waals surface area contributed by atoms with Crippen LogP contribution in [-0.4, -0.2) is 46.8 Å². The van der Waals surface area contributed by atoms with Gasteiger partial charge in [0.05, 0.1) is 13.2 Å². The lowest BCUT2D eigenvalue weighted by molar-refractivity contribution is 0.121. The first kappa shape index (κ1) is 14.7. The van der Waals surface area contributed by atoms with Gasteiger partial charge in [0.2, 0.25) is 5.95 Å². The minimum atomic E-state index is 0.594. The van der Waals surface area contributed by atoms with E-state index >= 15 is 0 Å². The lowest BCUT2D eigenvalue weighted by Crippen LogP contribution is -2.38. The summed E-state index contributed by atoms with van der Waals surface area (Å²) in [4.78, 5) is 2.29. The van der Waals surface area contributed by atoms with Gasteiger partial charge in [0.1, 0.15) is 0 Å². The van der Waals surface area contributed by atoms with E-state index in [1.54, 1.807) is 11.8 Å². The van der Waals surface area contributed by atoms with Gasteiger partial charge in [-0.2, -0.15) is 0 Å². The Morgan fingerprint density at radius 2 is 2.00 bits per heavy atom. The van der Waals surface area contributed by atoms with Gasteiger partial charge in [0, 0.05) is 25.4 Å². The molecule has 5 nitrogen and oxygen atoms in total. The van der Waals surface area contributed by atoms with Gasteiger partial charge in [0.25, 0.3) is 0 Å². The monoisotopic (exact) mass is 284 g/mol. The van der Waals surface area contributed by atoms with Crippen molar-refractivity contribution in [2.75, 3.05) is 37.0 Å². The molecule has 1 aromatic heterocycles. The maximum absolute atomic E-state index is 5.41. The molecule has 2 heterocycles. The number of hydrogen-bond donors (Lipinski definition) is 0. The van der Waals surface area contributed by atoms with Gasteiger partial charge < -0.3 is 9.64 Å². The fraction of sp³-hybridized carbons (Fsp3) is 0.846. The molecule has 0 amide bonds. The summed E-state index contributed by atoms with van der Waals surface area (Å²) < 4.78 is 7.68. The van der Waals surface area contributed by atoms with E-state index in [1.807, 2.05) is 0 Å². The largest absolute Gasteiger partial charge is 0.378 e. The van der Waals surface area contributed by atoms with E-state index in [1.165, 1.54) is 0 Å². The van der Waals surface area contributed by atoms with Gasteiger partial charge in [-0.15, -0.1) is 10.2 Å². The quantitative estimate of drug-likeness (QED) is 0.750. The Balaban J connectivity index is 2.18. The van der Waals surface area contributed by atoms with Crippen LogP contribution in [0.25, 0.3) is 0 Å². The molecule has 0 radical (unpaired) electrons. The first-order chi connectivity index (χ1) is 9.22. The molecule has 2 rings (SSSR count). The van der Waals surface area contributed by atoms with Crippen molar-refractivity contribution in [1.82, 2.24) is 14.8 Å². The van der Waals surface area contributed by atoms with E-state index < -0.39 is 0 Å². The normalized spacial score (nSPS) is 16.3. The maximum Gasteiger partial charge on any atom is 0.228 e. The zero-order chi connectivity index (χ0) is 13.7. The van der Waals surface area contributed by atoms with Crippen molar-refractivity contribution in [3.63, 3.8) is 0 Å². The van der Waals surface area contributed by atoms with E-state index in [9.17, 15) is 0 Å². The van der Waals surface area contributed by atoms with Crippen LogP contribution >= 0.6 is 11.8 Å². The van der Waals surface area contributed by atoms with Crippen LogP contribution in [0.4, 0.5) is 5.95 Å². The fourth-order valence-corrected chi connectivity index (χ4v) is 2.90. The van der Waals surface area contributed by atoms with Crippen molar-refractivity contribution in [3.05, 3.63) is 0 Å². The molecule has 108 valence electrons. The van der Waals surface area contributed by atoms with Crippen LogP contribution in [-0.2, 0) is 11.3 Å².